The highest BCUT2D eigenvalue weighted by Gasteiger charge is 2.21. The molecule has 6 heteroatoms. The molecule has 0 bridgehead atoms. The molecule has 0 aliphatic rings. The maximum Gasteiger partial charge on any atom is 0.261 e. The minimum absolute atomic E-state index is 0.0854. The molecule has 2 aromatic heterocycles. The van der Waals surface area contributed by atoms with Crippen molar-refractivity contribution in [3.8, 4) is 11.1 Å². The summed E-state index contributed by atoms with van der Waals surface area (Å²) in [5, 5.41) is 3.37. The van der Waals surface area contributed by atoms with Crippen LogP contribution >= 0.6 is 0 Å². The van der Waals surface area contributed by atoms with Gasteiger partial charge >= 0.3 is 0 Å². The van der Waals surface area contributed by atoms with Crippen molar-refractivity contribution < 1.29 is 4.79 Å². The molecule has 1 amide bonds. The van der Waals surface area contributed by atoms with Gasteiger partial charge in [0.25, 0.3) is 5.56 Å². The van der Waals surface area contributed by atoms with Crippen LogP contribution in [-0.2, 0) is 11.3 Å². The normalized spacial score (nSPS) is 11.5. The van der Waals surface area contributed by atoms with E-state index in [9.17, 15) is 9.59 Å². The fourth-order valence-electron chi connectivity index (χ4n) is 3.17. The van der Waals surface area contributed by atoms with Crippen molar-refractivity contribution in [3.63, 3.8) is 0 Å². The van der Waals surface area contributed by atoms with Gasteiger partial charge in [-0.05, 0) is 35.4 Å². The number of nitrogens with one attached hydrogen (secondary N) is 1. The van der Waals surface area contributed by atoms with E-state index in [0.29, 0.717) is 23.3 Å². The van der Waals surface area contributed by atoms with Gasteiger partial charge in [-0.3, -0.25) is 14.2 Å². The van der Waals surface area contributed by atoms with Gasteiger partial charge < -0.3 is 5.32 Å². The number of amides is 1. The Morgan fingerprint density at radius 3 is 2.39 bits per heavy atom. The second kappa shape index (κ2) is 8.14. The van der Waals surface area contributed by atoms with Gasteiger partial charge in [-0.2, -0.15) is 0 Å². The molecule has 0 aliphatic carbocycles. The first kappa shape index (κ1) is 20.5. The highest BCUT2D eigenvalue weighted by Crippen LogP contribution is 2.23. The Kier molecular flexibility index (Phi) is 5.38. The standard InChI is InChI=1S/C25H24N4O2/c1-25(2,3)24(31)28-22-12-10-19(14-26-22)18-9-11-21-20(13-18)23(30)29(16-27-21)15-17-7-5-4-6-8-17/h4-14,16H,15H2,1-3H3,(H,26,28,31). The van der Waals surface area contributed by atoms with E-state index >= 15 is 0 Å². The number of hydrogen-bond donors (Lipinski definition) is 1. The van der Waals surface area contributed by atoms with E-state index in [0.717, 1.165) is 16.7 Å². The molecule has 0 saturated heterocycles. The van der Waals surface area contributed by atoms with Gasteiger partial charge in [0.2, 0.25) is 5.91 Å². The number of rotatable bonds is 4. The highest BCUT2D eigenvalue weighted by molar-refractivity contribution is 5.93. The maximum atomic E-state index is 13.0. The van der Waals surface area contributed by atoms with Crippen LogP contribution in [0.25, 0.3) is 22.0 Å². The SMILES string of the molecule is CC(C)(C)C(=O)Nc1ccc(-c2ccc3ncn(Cc4ccccc4)c(=O)c3c2)cn1. The number of benzene rings is 2. The molecule has 0 spiro atoms. The summed E-state index contributed by atoms with van der Waals surface area (Å²) < 4.78 is 1.62. The highest BCUT2D eigenvalue weighted by atomic mass is 16.2. The molecule has 4 rings (SSSR count). The van der Waals surface area contributed by atoms with Crippen molar-refractivity contribution in [2.75, 3.05) is 5.32 Å². The van der Waals surface area contributed by atoms with Crippen LogP contribution in [-0.4, -0.2) is 20.4 Å². The molecule has 0 unspecified atom stereocenters. The summed E-state index contributed by atoms with van der Waals surface area (Å²) >= 11 is 0. The quantitative estimate of drug-likeness (QED) is 0.536. The average Bonchev–Trinajstić information content (AvgIpc) is 2.76. The maximum absolute atomic E-state index is 13.0. The Hall–Kier alpha value is -3.80. The topological polar surface area (TPSA) is 76.9 Å². The zero-order valence-electron chi connectivity index (χ0n) is 17.8. The lowest BCUT2D eigenvalue weighted by Crippen LogP contribution is -2.27. The Balaban J connectivity index is 1.63. The molecule has 0 aliphatic heterocycles. The third-order valence-corrected chi connectivity index (χ3v) is 5.04. The third-order valence-electron chi connectivity index (χ3n) is 5.04. The van der Waals surface area contributed by atoms with E-state index in [-0.39, 0.29) is 11.5 Å². The van der Waals surface area contributed by atoms with Crippen molar-refractivity contribution in [2.45, 2.75) is 27.3 Å². The van der Waals surface area contributed by atoms with Gasteiger partial charge in [-0.25, -0.2) is 9.97 Å². The van der Waals surface area contributed by atoms with Gasteiger partial charge in [-0.1, -0.05) is 57.2 Å². The number of nitrogens with zero attached hydrogens (tertiary/aromatic N) is 3. The number of hydrogen-bond acceptors (Lipinski definition) is 4. The predicted octanol–water partition coefficient (Wildman–Crippen LogP) is 4.49. The van der Waals surface area contributed by atoms with Gasteiger partial charge in [0, 0.05) is 17.2 Å². The smallest absolute Gasteiger partial charge is 0.261 e. The molecule has 4 aromatic rings. The van der Waals surface area contributed by atoms with E-state index in [1.165, 1.54) is 0 Å². The first-order valence-corrected chi connectivity index (χ1v) is 10.1. The summed E-state index contributed by atoms with van der Waals surface area (Å²) in [6, 6.07) is 19.1. The zero-order valence-corrected chi connectivity index (χ0v) is 17.8. The molecule has 0 saturated carbocycles. The molecule has 0 atom stereocenters. The lowest BCUT2D eigenvalue weighted by Gasteiger charge is -2.17. The molecule has 0 fully saturated rings. The van der Waals surface area contributed by atoms with Crippen LogP contribution in [0.15, 0.2) is 78.0 Å². The summed E-state index contributed by atoms with van der Waals surface area (Å²) in [6.45, 7) is 6.02. The van der Waals surface area contributed by atoms with E-state index in [1.54, 1.807) is 23.2 Å². The summed E-state index contributed by atoms with van der Waals surface area (Å²) in [7, 11) is 0. The largest absolute Gasteiger partial charge is 0.310 e. The number of anilines is 1. The lowest BCUT2D eigenvalue weighted by molar-refractivity contribution is -0.123. The minimum Gasteiger partial charge on any atom is -0.310 e. The second-order valence-electron chi connectivity index (χ2n) is 8.53. The predicted molar refractivity (Wildman–Crippen MR) is 123 cm³/mol. The number of pyridine rings is 1. The summed E-state index contributed by atoms with van der Waals surface area (Å²) in [5.41, 5.74) is 2.83. The number of carbonyl (C=O) groups excluding carboxylic acids is 1. The Labute approximate surface area is 180 Å². The van der Waals surface area contributed by atoms with Crippen LogP contribution in [0.1, 0.15) is 26.3 Å². The van der Waals surface area contributed by atoms with Crippen LogP contribution in [0.5, 0.6) is 0 Å². The first-order chi connectivity index (χ1) is 14.8. The van der Waals surface area contributed by atoms with Crippen molar-refractivity contribution in [3.05, 3.63) is 89.1 Å². The van der Waals surface area contributed by atoms with Gasteiger partial charge in [0.1, 0.15) is 5.82 Å². The van der Waals surface area contributed by atoms with Crippen molar-refractivity contribution >= 4 is 22.6 Å². The third kappa shape index (κ3) is 4.53. The fraction of sp³-hybridized carbons (Fsp3) is 0.200. The van der Waals surface area contributed by atoms with E-state index < -0.39 is 5.41 Å². The summed E-state index contributed by atoms with van der Waals surface area (Å²) in [6.07, 6.45) is 3.28. The van der Waals surface area contributed by atoms with Gasteiger partial charge in [0.05, 0.1) is 23.8 Å². The number of carbonyl (C=O) groups is 1. The first-order valence-electron chi connectivity index (χ1n) is 10.1. The van der Waals surface area contributed by atoms with Crippen molar-refractivity contribution in [2.24, 2.45) is 5.41 Å². The Morgan fingerprint density at radius 1 is 0.968 bits per heavy atom. The molecule has 6 nitrogen and oxygen atoms in total. The Bertz CT molecular complexity index is 1290. The Morgan fingerprint density at radius 2 is 1.71 bits per heavy atom. The molecule has 156 valence electrons. The van der Waals surface area contributed by atoms with Crippen LogP contribution in [0, 0.1) is 5.41 Å². The molecule has 2 heterocycles. The summed E-state index contributed by atoms with van der Waals surface area (Å²) in [4.78, 5) is 34.0. The van der Waals surface area contributed by atoms with Gasteiger partial charge in [0.15, 0.2) is 0 Å². The van der Waals surface area contributed by atoms with Crippen molar-refractivity contribution in [1.29, 1.82) is 0 Å². The molecule has 31 heavy (non-hydrogen) atoms. The molecular weight excluding hydrogens is 388 g/mol. The molecule has 0 radical (unpaired) electrons. The van der Waals surface area contributed by atoms with Crippen LogP contribution in [0.3, 0.4) is 0 Å². The zero-order chi connectivity index (χ0) is 22.0. The number of fused-ring (bicyclic) bond motifs is 1. The summed E-state index contributed by atoms with van der Waals surface area (Å²) in [5.74, 6) is 0.403. The molecule has 2 aromatic carbocycles. The number of aromatic nitrogens is 3. The van der Waals surface area contributed by atoms with E-state index in [2.05, 4.69) is 15.3 Å². The minimum atomic E-state index is -0.495. The van der Waals surface area contributed by atoms with Gasteiger partial charge in [-0.15, -0.1) is 0 Å². The second-order valence-corrected chi connectivity index (χ2v) is 8.53. The monoisotopic (exact) mass is 412 g/mol. The van der Waals surface area contributed by atoms with Crippen LogP contribution in [0.4, 0.5) is 5.82 Å². The molecule has 1 N–H and O–H groups in total. The molecular formula is C25H24N4O2. The van der Waals surface area contributed by atoms with Crippen LogP contribution in [0.2, 0.25) is 0 Å². The fourth-order valence-corrected chi connectivity index (χ4v) is 3.17. The van der Waals surface area contributed by atoms with Crippen LogP contribution < -0.4 is 10.9 Å². The van der Waals surface area contributed by atoms with E-state index in [1.807, 2.05) is 75.4 Å². The van der Waals surface area contributed by atoms with E-state index in [4.69, 9.17) is 0 Å². The lowest BCUT2D eigenvalue weighted by atomic mass is 9.96. The van der Waals surface area contributed by atoms with Crippen molar-refractivity contribution in [1.82, 2.24) is 14.5 Å². The average molecular weight is 412 g/mol.